The molecule has 1 aromatic carbocycles. The third-order valence-corrected chi connectivity index (χ3v) is 3.79. The zero-order valence-electron chi connectivity index (χ0n) is 11.7. The fourth-order valence-corrected chi connectivity index (χ4v) is 2.64. The highest BCUT2D eigenvalue weighted by atomic mass is 32.1. The van der Waals surface area contributed by atoms with Crippen LogP contribution < -0.4 is 5.32 Å². The fraction of sp³-hybridized carbons (Fsp3) is 0.214. The third kappa shape index (κ3) is 3.38. The number of thiophene rings is 1. The number of amides is 1. The zero-order valence-corrected chi connectivity index (χ0v) is 12.5. The van der Waals surface area contributed by atoms with Crippen LogP contribution in [0.4, 0.5) is 11.4 Å². The molecule has 0 radical (unpaired) electrons. The Labute approximate surface area is 126 Å². The van der Waals surface area contributed by atoms with Gasteiger partial charge < -0.3 is 10.2 Å². The molecule has 0 spiro atoms. The second-order valence-corrected chi connectivity index (χ2v) is 5.31. The van der Waals surface area contributed by atoms with Crippen LogP contribution in [0.2, 0.25) is 0 Å². The summed E-state index contributed by atoms with van der Waals surface area (Å²) in [7, 11) is 3.28. The predicted molar refractivity (Wildman–Crippen MR) is 82.8 cm³/mol. The Morgan fingerprint density at radius 2 is 2.19 bits per heavy atom. The molecule has 110 valence electrons. The molecule has 0 fully saturated rings. The number of nitrogens with one attached hydrogen (secondary N) is 1. The molecule has 1 heterocycles. The molecule has 1 aromatic heterocycles. The highest BCUT2D eigenvalue weighted by molar-refractivity contribution is 7.07. The largest absolute Gasteiger partial charge is 0.383 e. The number of carbonyl (C=O) groups is 1. The number of benzene rings is 1. The molecule has 21 heavy (non-hydrogen) atoms. The summed E-state index contributed by atoms with van der Waals surface area (Å²) in [4.78, 5) is 24.4. The number of rotatable bonds is 5. The maximum absolute atomic E-state index is 12.3. The standard InChI is InChI=1S/C14H15N3O3S/c1-15-12-4-3-11(7-13(12)17(19)20)14(18)16(2)8-10-5-6-21-9-10/h3-7,9,15H,8H2,1-2H3. The molecule has 0 saturated heterocycles. The minimum absolute atomic E-state index is 0.104. The van der Waals surface area contributed by atoms with Crippen LogP contribution in [0.5, 0.6) is 0 Å². The van der Waals surface area contributed by atoms with E-state index >= 15 is 0 Å². The van der Waals surface area contributed by atoms with Gasteiger partial charge in [0, 0.05) is 32.3 Å². The van der Waals surface area contributed by atoms with Crippen LogP contribution in [0.15, 0.2) is 35.0 Å². The van der Waals surface area contributed by atoms with E-state index in [4.69, 9.17) is 0 Å². The number of nitrogens with zero attached hydrogens (tertiary/aromatic N) is 2. The monoisotopic (exact) mass is 305 g/mol. The summed E-state index contributed by atoms with van der Waals surface area (Å²) in [6, 6.07) is 6.38. The molecular weight excluding hydrogens is 290 g/mol. The van der Waals surface area contributed by atoms with Gasteiger partial charge in [0.1, 0.15) is 5.69 Å². The van der Waals surface area contributed by atoms with Gasteiger partial charge in [-0.05, 0) is 34.5 Å². The van der Waals surface area contributed by atoms with E-state index in [0.29, 0.717) is 17.8 Å². The lowest BCUT2D eigenvalue weighted by atomic mass is 10.1. The van der Waals surface area contributed by atoms with Crippen molar-refractivity contribution >= 4 is 28.6 Å². The molecule has 2 aromatic rings. The van der Waals surface area contributed by atoms with E-state index < -0.39 is 4.92 Å². The summed E-state index contributed by atoms with van der Waals surface area (Å²) in [5.41, 5.74) is 1.62. The molecule has 0 saturated carbocycles. The maximum atomic E-state index is 12.3. The molecule has 0 unspecified atom stereocenters. The molecule has 0 aliphatic carbocycles. The summed E-state index contributed by atoms with van der Waals surface area (Å²) >= 11 is 1.56. The SMILES string of the molecule is CNc1ccc(C(=O)N(C)Cc2ccsc2)cc1[N+](=O)[O-]. The van der Waals surface area contributed by atoms with Crippen molar-refractivity contribution in [2.24, 2.45) is 0 Å². The molecule has 7 heteroatoms. The molecule has 1 N–H and O–H groups in total. The fourth-order valence-electron chi connectivity index (χ4n) is 1.98. The molecular formula is C14H15N3O3S. The smallest absolute Gasteiger partial charge is 0.293 e. The molecule has 0 bridgehead atoms. The number of anilines is 1. The van der Waals surface area contributed by atoms with E-state index in [1.807, 2.05) is 16.8 Å². The molecule has 0 atom stereocenters. The minimum atomic E-state index is -0.499. The Morgan fingerprint density at radius 1 is 1.43 bits per heavy atom. The summed E-state index contributed by atoms with van der Waals surface area (Å²) in [6.45, 7) is 0.476. The van der Waals surface area contributed by atoms with Crippen molar-refractivity contribution in [3.63, 3.8) is 0 Å². The van der Waals surface area contributed by atoms with Gasteiger partial charge >= 0.3 is 0 Å². The first-order valence-electron chi connectivity index (χ1n) is 6.25. The number of nitro benzene ring substituents is 1. The van der Waals surface area contributed by atoms with Gasteiger partial charge in [0.15, 0.2) is 0 Å². The Balaban J connectivity index is 2.22. The zero-order chi connectivity index (χ0) is 15.4. The van der Waals surface area contributed by atoms with Crippen LogP contribution >= 0.6 is 11.3 Å². The highest BCUT2D eigenvalue weighted by Crippen LogP contribution is 2.25. The number of nitro groups is 1. The van der Waals surface area contributed by atoms with Gasteiger partial charge in [0.2, 0.25) is 0 Å². The molecule has 1 amide bonds. The van der Waals surface area contributed by atoms with Crippen LogP contribution in [0.3, 0.4) is 0 Å². The number of carbonyl (C=O) groups excluding carboxylic acids is 1. The van der Waals surface area contributed by atoms with Crippen LogP contribution in [-0.4, -0.2) is 29.8 Å². The predicted octanol–water partition coefficient (Wildman–Crippen LogP) is 2.97. The summed E-state index contributed by atoms with van der Waals surface area (Å²) in [5.74, 6) is -0.244. The Kier molecular flexibility index (Phi) is 4.54. The van der Waals surface area contributed by atoms with Gasteiger partial charge in [-0.15, -0.1) is 0 Å². The van der Waals surface area contributed by atoms with Gasteiger partial charge in [-0.25, -0.2) is 0 Å². The lowest BCUT2D eigenvalue weighted by molar-refractivity contribution is -0.384. The molecule has 0 aliphatic rings. The normalized spacial score (nSPS) is 10.2. The van der Waals surface area contributed by atoms with Crippen molar-refractivity contribution in [2.75, 3.05) is 19.4 Å². The van der Waals surface area contributed by atoms with Crippen molar-refractivity contribution in [2.45, 2.75) is 6.54 Å². The van der Waals surface area contributed by atoms with E-state index in [0.717, 1.165) is 5.56 Å². The van der Waals surface area contributed by atoms with E-state index in [9.17, 15) is 14.9 Å². The molecule has 2 rings (SSSR count). The quantitative estimate of drug-likeness (QED) is 0.680. The van der Waals surface area contributed by atoms with E-state index in [-0.39, 0.29) is 11.6 Å². The minimum Gasteiger partial charge on any atom is -0.383 e. The van der Waals surface area contributed by atoms with Gasteiger partial charge in [-0.1, -0.05) is 0 Å². The molecule has 6 nitrogen and oxygen atoms in total. The average molecular weight is 305 g/mol. The van der Waals surface area contributed by atoms with E-state index in [1.54, 1.807) is 42.5 Å². The lowest BCUT2D eigenvalue weighted by Gasteiger charge is -2.16. The van der Waals surface area contributed by atoms with Crippen molar-refractivity contribution in [3.05, 3.63) is 56.3 Å². The van der Waals surface area contributed by atoms with Crippen molar-refractivity contribution < 1.29 is 9.72 Å². The summed E-state index contributed by atoms with van der Waals surface area (Å²) < 4.78 is 0. The topological polar surface area (TPSA) is 75.5 Å². The van der Waals surface area contributed by atoms with Crippen molar-refractivity contribution in [3.8, 4) is 0 Å². The summed E-state index contributed by atoms with van der Waals surface area (Å²) in [5, 5.41) is 17.7. The van der Waals surface area contributed by atoms with Gasteiger partial charge in [-0.3, -0.25) is 14.9 Å². The number of hydrogen-bond acceptors (Lipinski definition) is 5. The lowest BCUT2D eigenvalue weighted by Crippen LogP contribution is -2.26. The van der Waals surface area contributed by atoms with Crippen LogP contribution in [0.25, 0.3) is 0 Å². The van der Waals surface area contributed by atoms with Crippen LogP contribution in [-0.2, 0) is 6.54 Å². The average Bonchev–Trinajstić information content (AvgIpc) is 2.98. The van der Waals surface area contributed by atoms with E-state index in [2.05, 4.69) is 5.32 Å². The Morgan fingerprint density at radius 3 is 2.76 bits per heavy atom. The first-order chi connectivity index (χ1) is 10.0. The van der Waals surface area contributed by atoms with Crippen molar-refractivity contribution in [1.29, 1.82) is 0 Å². The Hall–Kier alpha value is -2.41. The highest BCUT2D eigenvalue weighted by Gasteiger charge is 2.19. The first kappa shape index (κ1) is 15.0. The first-order valence-corrected chi connectivity index (χ1v) is 7.20. The summed E-state index contributed by atoms with van der Waals surface area (Å²) in [6.07, 6.45) is 0. The van der Waals surface area contributed by atoms with Gasteiger partial charge in [0.05, 0.1) is 4.92 Å². The van der Waals surface area contributed by atoms with Crippen LogP contribution in [0.1, 0.15) is 15.9 Å². The van der Waals surface area contributed by atoms with Crippen molar-refractivity contribution in [1.82, 2.24) is 4.90 Å². The second kappa shape index (κ2) is 6.36. The van der Waals surface area contributed by atoms with Gasteiger partial charge in [-0.2, -0.15) is 11.3 Å². The molecule has 0 aliphatic heterocycles. The van der Waals surface area contributed by atoms with E-state index in [1.165, 1.54) is 6.07 Å². The Bertz CT molecular complexity index is 655. The third-order valence-electron chi connectivity index (χ3n) is 3.06. The second-order valence-electron chi connectivity index (χ2n) is 4.53. The van der Waals surface area contributed by atoms with Crippen LogP contribution in [0, 0.1) is 10.1 Å². The number of hydrogen-bond donors (Lipinski definition) is 1. The maximum Gasteiger partial charge on any atom is 0.293 e. The van der Waals surface area contributed by atoms with Gasteiger partial charge in [0.25, 0.3) is 11.6 Å².